The van der Waals surface area contributed by atoms with Gasteiger partial charge in [-0.15, -0.1) is 41.5 Å². The Labute approximate surface area is 213 Å². The molecule has 0 bridgehead atoms. The van der Waals surface area contributed by atoms with Crippen LogP contribution in [0.1, 0.15) is 0 Å². The van der Waals surface area contributed by atoms with E-state index in [1.54, 1.807) is 12.3 Å². The molecule has 0 unspecified atom stereocenters. The molecule has 6 rings (SSSR count). The molecule has 6 aromatic rings. The van der Waals surface area contributed by atoms with Gasteiger partial charge in [0.05, 0.1) is 16.6 Å². The van der Waals surface area contributed by atoms with Crippen molar-refractivity contribution in [1.82, 2.24) is 14.5 Å². The van der Waals surface area contributed by atoms with Crippen molar-refractivity contribution >= 4 is 11.0 Å². The molecule has 2 heterocycles. The van der Waals surface area contributed by atoms with Crippen molar-refractivity contribution in [2.75, 3.05) is 0 Å². The van der Waals surface area contributed by atoms with E-state index in [2.05, 4.69) is 27.8 Å². The van der Waals surface area contributed by atoms with E-state index >= 15 is 0 Å². The number of fused-ring (bicyclic) bond motifs is 1. The van der Waals surface area contributed by atoms with Crippen LogP contribution in [0.3, 0.4) is 0 Å². The summed E-state index contributed by atoms with van der Waals surface area (Å²) in [6.07, 6.45) is 1.79. The second-order valence-corrected chi connectivity index (χ2v) is 7.80. The number of aromatic hydroxyl groups is 1. The van der Waals surface area contributed by atoms with Gasteiger partial charge in [0.1, 0.15) is 11.6 Å². The van der Waals surface area contributed by atoms with E-state index in [0.717, 1.165) is 39.1 Å². The van der Waals surface area contributed by atoms with E-state index < -0.39 is 0 Å². The Hall–Kier alpha value is -3.83. The van der Waals surface area contributed by atoms with Crippen molar-refractivity contribution < 1.29 is 27.5 Å². The van der Waals surface area contributed by atoms with Crippen LogP contribution in [0.5, 0.6) is 5.75 Å². The second-order valence-electron chi connectivity index (χ2n) is 7.80. The van der Waals surface area contributed by atoms with Gasteiger partial charge in [-0.1, -0.05) is 54.1 Å². The van der Waals surface area contributed by atoms with E-state index in [1.165, 1.54) is 0 Å². The summed E-state index contributed by atoms with van der Waals surface area (Å²) in [5.74, 6) is 0.887. The molecule has 1 radical (unpaired) electrons. The van der Waals surface area contributed by atoms with Crippen LogP contribution in [0.25, 0.3) is 50.5 Å². The summed E-state index contributed by atoms with van der Waals surface area (Å²) in [5, 5.41) is 10.6. The van der Waals surface area contributed by atoms with Gasteiger partial charge in [-0.3, -0.25) is 4.57 Å². The molecule has 4 nitrogen and oxygen atoms in total. The summed E-state index contributed by atoms with van der Waals surface area (Å²) in [6.45, 7) is 0. The number of hydrogen-bond donors (Lipinski definition) is 1. The van der Waals surface area contributed by atoms with E-state index in [9.17, 15) is 5.11 Å². The fraction of sp³-hybridized carbons (Fsp3) is 0. The minimum atomic E-state index is 0. The van der Waals surface area contributed by atoms with Gasteiger partial charge in [0.25, 0.3) is 0 Å². The van der Waals surface area contributed by atoms with E-state index in [0.29, 0.717) is 11.4 Å². The van der Waals surface area contributed by atoms with E-state index in [1.807, 2.05) is 84.9 Å². The van der Waals surface area contributed by atoms with Gasteiger partial charge in [0.2, 0.25) is 0 Å². The molecule has 0 aliphatic heterocycles. The number of phenols is 1. The van der Waals surface area contributed by atoms with Crippen molar-refractivity contribution in [2.24, 2.45) is 0 Å². The van der Waals surface area contributed by atoms with Crippen molar-refractivity contribution in [3.63, 3.8) is 0 Å². The van der Waals surface area contributed by atoms with Crippen molar-refractivity contribution in [2.45, 2.75) is 0 Å². The average molecular weight is 622 g/mol. The number of aromatic nitrogens is 3. The van der Waals surface area contributed by atoms with Crippen LogP contribution in [0.4, 0.5) is 0 Å². The molecule has 169 valence electrons. The first-order valence-electron chi connectivity index (χ1n) is 10.8. The third kappa shape index (κ3) is 3.78. The number of nitrogens with zero attached hydrogens (tertiary/aromatic N) is 3. The molecule has 0 spiro atoms. The summed E-state index contributed by atoms with van der Waals surface area (Å²) in [7, 11) is 0. The van der Waals surface area contributed by atoms with Gasteiger partial charge in [-0.25, -0.2) is 10.7 Å². The van der Waals surface area contributed by atoms with Crippen LogP contribution >= 0.6 is 0 Å². The van der Waals surface area contributed by atoms with Gasteiger partial charge in [-0.2, -0.15) is 6.20 Å². The second kappa shape index (κ2) is 9.20. The van der Waals surface area contributed by atoms with Crippen LogP contribution in [-0.2, 0) is 22.4 Å². The van der Waals surface area contributed by atoms with Crippen LogP contribution < -0.4 is 4.98 Å². The monoisotopic (exact) mass is 622 g/mol. The summed E-state index contributed by atoms with van der Waals surface area (Å²) < 4.78 is 2.09. The number of hydrogen-bond acceptors (Lipinski definition) is 2. The SMILES string of the molecule is Oc1ccccc1-c1nc2c(-c3[c-]c(-c4ccc[n-]4)ccc3)cccc2n1-c1ccccc1.[Au]. The summed E-state index contributed by atoms with van der Waals surface area (Å²) in [4.78, 5) is 9.47. The summed E-state index contributed by atoms with van der Waals surface area (Å²) >= 11 is 0. The van der Waals surface area contributed by atoms with Gasteiger partial charge in [0, 0.05) is 28.1 Å². The molecule has 5 heteroatoms. The Kier molecular flexibility index (Phi) is 5.95. The summed E-state index contributed by atoms with van der Waals surface area (Å²) in [6, 6.07) is 37.1. The average Bonchev–Trinajstić information content (AvgIpc) is 3.53. The Balaban J connectivity index is 0.00000241. The fourth-order valence-corrected chi connectivity index (χ4v) is 4.23. The van der Waals surface area contributed by atoms with Crippen LogP contribution in [0.2, 0.25) is 0 Å². The number of imidazole rings is 1. The standard InChI is InChI=1S/C29H19N3O.Au/c33-27-17-5-4-13-24(27)29-31-28-23(20-9-6-10-21(19-20)25-15-8-18-30-25)14-7-16-26(28)32(29)22-11-2-1-3-12-22;/h1-18H,(H,31,33);/q-2;. The fourth-order valence-electron chi connectivity index (χ4n) is 4.23. The van der Waals surface area contributed by atoms with E-state index in [-0.39, 0.29) is 28.1 Å². The summed E-state index contributed by atoms with van der Waals surface area (Å²) in [5.41, 5.74) is 7.24. The molecule has 34 heavy (non-hydrogen) atoms. The molecule has 0 atom stereocenters. The minimum Gasteiger partial charge on any atom is -0.699 e. The topological polar surface area (TPSA) is 52.2 Å². The Morgan fingerprint density at radius 2 is 1.44 bits per heavy atom. The Morgan fingerprint density at radius 1 is 0.706 bits per heavy atom. The number of para-hydroxylation sites is 3. The normalized spacial score (nSPS) is 10.8. The molecule has 1 N–H and O–H groups in total. The Bertz CT molecular complexity index is 1570. The molecule has 0 fully saturated rings. The zero-order valence-corrected chi connectivity index (χ0v) is 20.1. The maximum atomic E-state index is 10.6. The first-order valence-corrected chi connectivity index (χ1v) is 10.8. The maximum absolute atomic E-state index is 10.6. The molecule has 4 aromatic carbocycles. The molecule has 2 aromatic heterocycles. The molecule has 0 amide bonds. The van der Waals surface area contributed by atoms with Crippen molar-refractivity contribution in [3.8, 4) is 45.2 Å². The number of phenolic OH excluding ortho intramolecular Hbond substituents is 1. The van der Waals surface area contributed by atoms with Gasteiger partial charge >= 0.3 is 0 Å². The van der Waals surface area contributed by atoms with Crippen molar-refractivity contribution in [1.29, 1.82) is 0 Å². The quantitative estimate of drug-likeness (QED) is 0.181. The first-order chi connectivity index (χ1) is 16.3. The number of benzene rings is 4. The zero-order chi connectivity index (χ0) is 22.2. The smallest absolute Gasteiger partial charge is 0.148 e. The molecule has 0 saturated heterocycles. The van der Waals surface area contributed by atoms with E-state index in [4.69, 9.17) is 4.98 Å². The molecular weight excluding hydrogens is 603 g/mol. The minimum absolute atomic E-state index is 0. The largest absolute Gasteiger partial charge is 0.699 e. The van der Waals surface area contributed by atoms with Crippen LogP contribution in [0.15, 0.2) is 109 Å². The third-order valence-electron chi connectivity index (χ3n) is 5.76. The van der Waals surface area contributed by atoms with Crippen molar-refractivity contribution in [3.05, 3.63) is 115 Å². The van der Waals surface area contributed by atoms with Gasteiger partial charge in [-0.05, 0) is 30.3 Å². The third-order valence-corrected chi connectivity index (χ3v) is 5.76. The molecule has 0 aliphatic carbocycles. The zero-order valence-electron chi connectivity index (χ0n) is 18.0. The first kappa shape index (κ1) is 22.0. The molecule has 0 aliphatic rings. The number of rotatable bonds is 4. The van der Waals surface area contributed by atoms with Gasteiger partial charge < -0.3 is 10.1 Å². The molecular formula is C29H19AuN3O-2. The molecule has 0 saturated carbocycles. The Morgan fingerprint density at radius 3 is 2.24 bits per heavy atom. The maximum Gasteiger partial charge on any atom is 0.148 e. The predicted molar refractivity (Wildman–Crippen MR) is 131 cm³/mol. The van der Waals surface area contributed by atoms with Crippen LogP contribution in [0, 0.1) is 6.07 Å². The van der Waals surface area contributed by atoms with Crippen LogP contribution in [-0.4, -0.2) is 14.7 Å². The van der Waals surface area contributed by atoms with Gasteiger partial charge in [0.15, 0.2) is 0 Å². The predicted octanol–water partition coefficient (Wildman–Crippen LogP) is 6.49.